The number of hydrogen-bond donors (Lipinski definition) is 2. The van der Waals surface area contributed by atoms with E-state index in [2.05, 4.69) is 10.3 Å². The fourth-order valence-corrected chi connectivity index (χ4v) is 2.76. The van der Waals surface area contributed by atoms with Crippen molar-refractivity contribution in [2.75, 3.05) is 5.32 Å². The molecule has 23 heavy (non-hydrogen) atoms. The number of rotatable bonds is 7. The van der Waals surface area contributed by atoms with Gasteiger partial charge in [0.2, 0.25) is 5.91 Å². The van der Waals surface area contributed by atoms with E-state index in [4.69, 9.17) is 5.11 Å². The van der Waals surface area contributed by atoms with Crippen LogP contribution in [0.1, 0.15) is 29.1 Å². The quantitative estimate of drug-likeness (QED) is 0.814. The number of halogens is 1. The van der Waals surface area contributed by atoms with Crippen LogP contribution in [0.15, 0.2) is 23.6 Å². The zero-order chi connectivity index (χ0) is 16.8. The summed E-state index contributed by atoms with van der Waals surface area (Å²) in [4.78, 5) is 26.7. The van der Waals surface area contributed by atoms with Gasteiger partial charge in [0.05, 0.1) is 17.1 Å². The number of nitrogens with zero attached hydrogens (tertiary/aromatic N) is 1. The highest BCUT2D eigenvalue weighted by molar-refractivity contribution is 7.09. The van der Waals surface area contributed by atoms with Crippen LogP contribution in [0, 0.1) is 12.7 Å². The molecule has 0 saturated carbocycles. The van der Waals surface area contributed by atoms with Gasteiger partial charge in [-0.15, -0.1) is 11.3 Å². The molecule has 0 radical (unpaired) electrons. The molecule has 0 bridgehead atoms. The maximum atomic E-state index is 13.7. The monoisotopic (exact) mass is 336 g/mol. The number of benzene rings is 1. The summed E-state index contributed by atoms with van der Waals surface area (Å²) in [6.07, 6.45) is 1.32. The maximum Gasteiger partial charge on any atom is 0.307 e. The number of carbonyl (C=O) groups is 2. The normalized spacial score (nSPS) is 10.5. The zero-order valence-electron chi connectivity index (χ0n) is 12.6. The van der Waals surface area contributed by atoms with Crippen molar-refractivity contribution in [2.45, 2.75) is 32.6 Å². The summed E-state index contributed by atoms with van der Waals surface area (Å²) < 4.78 is 13.7. The van der Waals surface area contributed by atoms with Crippen molar-refractivity contribution in [1.82, 2.24) is 4.98 Å². The van der Waals surface area contributed by atoms with E-state index < -0.39 is 11.8 Å². The number of nitrogens with one attached hydrogen (secondary N) is 1. The van der Waals surface area contributed by atoms with Gasteiger partial charge in [-0.1, -0.05) is 6.07 Å². The fraction of sp³-hybridized carbons (Fsp3) is 0.312. The number of hydrogen-bond acceptors (Lipinski definition) is 4. The molecule has 1 aromatic heterocycles. The Morgan fingerprint density at radius 2 is 2.17 bits per heavy atom. The van der Waals surface area contributed by atoms with E-state index >= 15 is 0 Å². The number of amides is 1. The van der Waals surface area contributed by atoms with Gasteiger partial charge in [0.25, 0.3) is 0 Å². The number of carboxylic acid groups (broad SMARTS) is 1. The number of aliphatic carboxylic acids is 1. The molecule has 2 N–H and O–H groups in total. The molecule has 0 fully saturated rings. The molecule has 0 aliphatic heterocycles. The Morgan fingerprint density at radius 1 is 1.39 bits per heavy atom. The number of carboxylic acids is 1. The summed E-state index contributed by atoms with van der Waals surface area (Å²) in [5.41, 5.74) is 1.39. The molecule has 0 spiro atoms. The lowest BCUT2D eigenvalue weighted by atomic mass is 10.1. The molecule has 122 valence electrons. The van der Waals surface area contributed by atoms with Gasteiger partial charge in [0.1, 0.15) is 5.82 Å². The summed E-state index contributed by atoms with van der Waals surface area (Å²) in [6, 6.07) is 4.01. The minimum absolute atomic E-state index is 0.0920. The Bertz CT molecular complexity index is 715. The first-order valence-electron chi connectivity index (χ1n) is 7.15. The lowest BCUT2D eigenvalue weighted by molar-refractivity contribution is -0.136. The first-order chi connectivity index (χ1) is 10.9. The van der Waals surface area contributed by atoms with Crippen LogP contribution in [-0.2, 0) is 22.4 Å². The second-order valence-electron chi connectivity index (χ2n) is 5.14. The van der Waals surface area contributed by atoms with E-state index in [-0.39, 0.29) is 17.9 Å². The van der Waals surface area contributed by atoms with Crippen molar-refractivity contribution in [3.63, 3.8) is 0 Å². The number of thiazole rings is 1. The largest absolute Gasteiger partial charge is 0.481 e. The molecule has 0 atom stereocenters. The molecule has 2 rings (SSSR count). The standard InChI is InChI=1S/C16H17FN2O3S/c1-10-18-13(9-23-10)3-2-4-15(20)19-12-6-5-11(7-16(21)22)14(17)8-12/h5-6,8-9H,2-4,7H2,1H3,(H,19,20)(H,21,22). The molecule has 0 aliphatic rings. The van der Waals surface area contributed by atoms with E-state index in [1.54, 1.807) is 11.3 Å². The van der Waals surface area contributed by atoms with E-state index in [0.29, 0.717) is 18.5 Å². The van der Waals surface area contributed by atoms with Crippen molar-refractivity contribution in [3.05, 3.63) is 45.7 Å². The van der Waals surface area contributed by atoms with Crippen LogP contribution in [0.25, 0.3) is 0 Å². The second-order valence-corrected chi connectivity index (χ2v) is 6.20. The molecule has 5 nitrogen and oxygen atoms in total. The van der Waals surface area contributed by atoms with E-state index in [1.807, 2.05) is 12.3 Å². The van der Waals surface area contributed by atoms with Crippen molar-refractivity contribution < 1.29 is 19.1 Å². The minimum atomic E-state index is -1.10. The first-order valence-corrected chi connectivity index (χ1v) is 8.03. The Hall–Kier alpha value is -2.28. The van der Waals surface area contributed by atoms with Gasteiger partial charge in [-0.3, -0.25) is 9.59 Å². The van der Waals surface area contributed by atoms with Crippen LogP contribution in [-0.4, -0.2) is 22.0 Å². The third-order valence-corrected chi connectivity index (χ3v) is 4.00. The topological polar surface area (TPSA) is 79.3 Å². The number of carbonyl (C=O) groups excluding carboxylic acids is 1. The van der Waals surface area contributed by atoms with Gasteiger partial charge >= 0.3 is 5.97 Å². The molecule has 0 saturated heterocycles. The van der Waals surface area contributed by atoms with E-state index in [1.165, 1.54) is 12.1 Å². The van der Waals surface area contributed by atoms with Gasteiger partial charge in [-0.05, 0) is 37.5 Å². The van der Waals surface area contributed by atoms with Gasteiger partial charge in [0, 0.05) is 17.5 Å². The smallest absolute Gasteiger partial charge is 0.307 e. The molecule has 1 amide bonds. The van der Waals surface area contributed by atoms with Crippen LogP contribution >= 0.6 is 11.3 Å². The summed E-state index contributed by atoms with van der Waals surface area (Å²) in [5.74, 6) is -1.94. The predicted molar refractivity (Wildman–Crippen MR) is 86.2 cm³/mol. The molecular weight excluding hydrogens is 319 g/mol. The lowest BCUT2D eigenvalue weighted by Gasteiger charge is -2.07. The number of aryl methyl sites for hydroxylation is 2. The van der Waals surface area contributed by atoms with Gasteiger partial charge < -0.3 is 10.4 Å². The molecule has 7 heteroatoms. The summed E-state index contributed by atoms with van der Waals surface area (Å²) in [5, 5.41) is 14.2. The highest BCUT2D eigenvalue weighted by atomic mass is 32.1. The Kier molecular flexibility index (Phi) is 5.81. The van der Waals surface area contributed by atoms with Gasteiger partial charge in [-0.25, -0.2) is 9.37 Å². The summed E-state index contributed by atoms with van der Waals surface area (Å²) in [7, 11) is 0. The van der Waals surface area contributed by atoms with Gasteiger partial charge in [0.15, 0.2) is 0 Å². The molecule has 0 unspecified atom stereocenters. The zero-order valence-corrected chi connectivity index (χ0v) is 13.5. The fourth-order valence-electron chi connectivity index (χ4n) is 2.11. The molecule has 2 aromatic rings. The highest BCUT2D eigenvalue weighted by Gasteiger charge is 2.09. The third-order valence-electron chi connectivity index (χ3n) is 3.18. The second kappa shape index (κ2) is 7.82. The van der Waals surface area contributed by atoms with Crippen molar-refractivity contribution in [3.8, 4) is 0 Å². The Morgan fingerprint density at radius 3 is 2.78 bits per heavy atom. The Labute approximate surface area is 137 Å². The van der Waals surface area contributed by atoms with Crippen LogP contribution < -0.4 is 5.32 Å². The minimum Gasteiger partial charge on any atom is -0.481 e. The predicted octanol–water partition coefficient (Wildman–Crippen LogP) is 3.18. The first kappa shape index (κ1) is 17.1. The average molecular weight is 336 g/mol. The van der Waals surface area contributed by atoms with Gasteiger partial charge in [-0.2, -0.15) is 0 Å². The van der Waals surface area contributed by atoms with Crippen molar-refractivity contribution in [1.29, 1.82) is 0 Å². The molecule has 1 aromatic carbocycles. The van der Waals surface area contributed by atoms with Crippen LogP contribution in [0.3, 0.4) is 0 Å². The maximum absolute atomic E-state index is 13.7. The van der Waals surface area contributed by atoms with Crippen molar-refractivity contribution in [2.24, 2.45) is 0 Å². The molecule has 0 aliphatic carbocycles. The van der Waals surface area contributed by atoms with Crippen LogP contribution in [0.2, 0.25) is 0 Å². The SMILES string of the molecule is Cc1nc(CCCC(=O)Nc2ccc(CC(=O)O)c(F)c2)cs1. The van der Waals surface area contributed by atoms with Crippen LogP contribution in [0.5, 0.6) is 0 Å². The van der Waals surface area contributed by atoms with Crippen molar-refractivity contribution >= 4 is 28.9 Å². The molecule has 1 heterocycles. The Balaban J connectivity index is 1.82. The summed E-state index contributed by atoms with van der Waals surface area (Å²) in [6.45, 7) is 1.93. The third kappa shape index (κ3) is 5.45. The lowest BCUT2D eigenvalue weighted by Crippen LogP contribution is -2.12. The van der Waals surface area contributed by atoms with E-state index in [0.717, 1.165) is 23.2 Å². The average Bonchev–Trinajstić information content (AvgIpc) is 2.87. The number of anilines is 1. The van der Waals surface area contributed by atoms with E-state index in [9.17, 15) is 14.0 Å². The highest BCUT2D eigenvalue weighted by Crippen LogP contribution is 2.16. The number of aromatic nitrogens is 1. The molecular formula is C16H17FN2O3S. The summed E-state index contributed by atoms with van der Waals surface area (Å²) >= 11 is 1.58. The van der Waals surface area contributed by atoms with Crippen LogP contribution in [0.4, 0.5) is 10.1 Å².